The van der Waals surface area contributed by atoms with Crippen molar-refractivity contribution in [1.29, 1.82) is 0 Å². The fourth-order valence-electron chi connectivity index (χ4n) is 3.34. The highest BCUT2D eigenvalue weighted by Crippen LogP contribution is 2.35. The molecule has 22 heavy (non-hydrogen) atoms. The van der Waals surface area contributed by atoms with E-state index in [9.17, 15) is 9.59 Å². The summed E-state index contributed by atoms with van der Waals surface area (Å²) in [6.07, 6.45) is 3.17. The topological polar surface area (TPSA) is 86.2 Å². The highest BCUT2D eigenvalue weighted by molar-refractivity contribution is 5.98. The number of nitrogens with zero attached hydrogens (tertiary/aromatic N) is 3. The maximum Gasteiger partial charge on any atom is 0.319 e. The summed E-state index contributed by atoms with van der Waals surface area (Å²) in [5, 5.41) is 13.9. The molecule has 7 heteroatoms. The lowest BCUT2D eigenvalue weighted by Gasteiger charge is -2.29. The van der Waals surface area contributed by atoms with Crippen molar-refractivity contribution in [3.63, 3.8) is 0 Å². The van der Waals surface area contributed by atoms with Crippen molar-refractivity contribution in [3.8, 4) is 0 Å². The molecule has 1 aliphatic carbocycles. The number of nitrogens with one attached hydrogen (secondary N) is 2. The number of azo groups is 1. The highest BCUT2D eigenvalue weighted by atomic mass is 16.2. The van der Waals surface area contributed by atoms with Crippen LogP contribution >= 0.6 is 0 Å². The summed E-state index contributed by atoms with van der Waals surface area (Å²) >= 11 is 0. The first-order valence-corrected chi connectivity index (χ1v) is 7.64. The fourth-order valence-corrected chi connectivity index (χ4v) is 3.34. The molecule has 0 bridgehead atoms. The average Bonchev–Trinajstić information content (AvgIpc) is 3.02. The minimum Gasteiger partial charge on any atom is -0.339 e. The minimum absolute atomic E-state index is 0.00574. The van der Waals surface area contributed by atoms with Crippen LogP contribution in [0.25, 0.3) is 0 Å². The largest absolute Gasteiger partial charge is 0.339 e. The first-order chi connectivity index (χ1) is 10.5. The van der Waals surface area contributed by atoms with Crippen LogP contribution in [-0.4, -0.2) is 42.5 Å². The van der Waals surface area contributed by atoms with Crippen molar-refractivity contribution >= 4 is 11.9 Å². The van der Waals surface area contributed by atoms with Gasteiger partial charge in [-0.25, -0.2) is 4.79 Å². The molecule has 0 aromatic carbocycles. The predicted molar refractivity (Wildman–Crippen MR) is 81.0 cm³/mol. The summed E-state index contributed by atoms with van der Waals surface area (Å²) < 4.78 is 0. The third-order valence-corrected chi connectivity index (χ3v) is 4.46. The second-order valence-corrected chi connectivity index (χ2v) is 6.10. The number of hydrogen-bond acceptors (Lipinski definition) is 4. The minimum atomic E-state index is -0.296. The maximum absolute atomic E-state index is 12.7. The first kappa shape index (κ1) is 14.7. The van der Waals surface area contributed by atoms with E-state index in [1.807, 2.05) is 6.92 Å². The fraction of sp³-hybridized carbons (Fsp3) is 0.600. The van der Waals surface area contributed by atoms with Gasteiger partial charge < -0.3 is 15.5 Å². The SMILES string of the molecule is CC1=C(C(=O)N(C)C[C@@H]2N=NC3=C2CCC3)[C@H](C)NC(=O)N1. The molecule has 2 aliphatic heterocycles. The van der Waals surface area contributed by atoms with Gasteiger partial charge in [-0.15, -0.1) is 0 Å². The van der Waals surface area contributed by atoms with Crippen molar-refractivity contribution in [3.05, 3.63) is 22.5 Å². The third-order valence-electron chi connectivity index (χ3n) is 4.46. The summed E-state index contributed by atoms with van der Waals surface area (Å²) in [6.45, 7) is 4.10. The molecule has 0 saturated carbocycles. The molecule has 0 spiro atoms. The van der Waals surface area contributed by atoms with Crippen LogP contribution in [0.1, 0.15) is 33.1 Å². The molecule has 0 saturated heterocycles. The Balaban J connectivity index is 1.71. The van der Waals surface area contributed by atoms with E-state index in [-0.39, 0.29) is 24.0 Å². The van der Waals surface area contributed by atoms with E-state index in [0.717, 1.165) is 25.0 Å². The number of rotatable bonds is 3. The molecule has 0 fully saturated rings. The van der Waals surface area contributed by atoms with Gasteiger partial charge in [0.2, 0.25) is 0 Å². The summed E-state index contributed by atoms with van der Waals surface area (Å²) in [4.78, 5) is 25.8. The van der Waals surface area contributed by atoms with E-state index in [0.29, 0.717) is 17.8 Å². The molecule has 0 unspecified atom stereocenters. The Morgan fingerprint density at radius 2 is 2.18 bits per heavy atom. The lowest BCUT2D eigenvalue weighted by atomic mass is 10.0. The van der Waals surface area contributed by atoms with E-state index in [4.69, 9.17) is 0 Å². The van der Waals surface area contributed by atoms with Crippen molar-refractivity contribution in [2.24, 2.45) is 10.2 Å². The molecule has 0 aromatic heterocycles. The van der Waals surface area contributed by atoms with E-state index in [1.165, 1.54) is 5.57 Å². The zero-order chi connectivity index (χ0) is 15.9. The Morgan fingerprint density at radius 1 is 1.41 bits per heavy atom. The van der Waals surface area contributed by atoms with Gasteiger partial charge in [0.15, 0.2) is 0 Å². The van der Waals surface area contributed by atoms with E-state index in [1.54, 1.807) is 18.9 Å². The van der Waals surface area contributed by atoms with E-state index < -0.39 is 0 Å². The number of amides is 3. The van der Waals surface area contributed by atoms with Crippen LogP contribution in [0.3, 0.4) is 0 Å². The van der Waals surface area contributed by atoms with Crippen LogP contribution in [0.15, 0.2) is 32.8 Å². The first-order valence-electron chi connectivity index (χ1n) is 7.64. The van der Waals surface area contributed by atoms with Crippen molar-refractivity contribution in [1.82, 2.24) is 15.5 Å². The van der Waals surface area contributed by atoms with Gasteiger partial charge in [-0.05, 0) is 38.7 Å². The van der Waals surface area contributed by atoms with Gasteiger partial charge in [0.1, 0.15) is 6.04 Å². The molecule has 2 N–H and O–H groups in total. The van der Waals surface area contributed by atoms with Gasteiger partial charge in [-0.1, -0.05) is 0 Å². The van der Waals surface area contributed by atoms with Crippen LogP contribution in [0.2, 0.25) is 0 Å². The summed E-state index contributed by atoms with van der Waals surface area (Å²) in [5.74, 6) is -0.0836. The molecule has 2 atom stereocenters. The Morgan fingerprint density at radius 3 is 2.91 bits per heavy atom. The standard InChI is InChI=1S/C15H21N5O2/c1-8-13(9(2)17-15(22)16-8)14(21)20(3)7-12-10-5-4-6-11(10)18-19-12/h8,12H,4-7H2,1-3H3,(H2,16,17,22)/t8-,12-/m0/s1. The molecule has 0 radical (unpaired) electrons. The zero-order valence-corrected chi connectivity index (χ0v) is 13.1. The highest BCUT2D eigenvalue weighted by Gasteiger charge is 2.32. The van der Waals surface area contributed by atoms with Gasteiger partial charge in [0.05, 0.1) is 17.3 Å². The number of allylic oxidation sites excluding steroid dienone is 2. The van der Waals surface area contributed by atoms with Crippen molar-refractivity contribution < 1.29 is 9.59 Å². The summed E-state index contributed by atoms with van der Waals surface area (Å²) in [5.41, 5.74) is 3.61. The van der Waals surface area contributed by atoms with Crippen LogP contribution in [0.4, 0.5) is 4.79 Å². The maximum atomic E-state index is 12.7. The molecule has 3 rings (SSSR count). The third kappa shape index (κ3) is 2.51. The van der Waals surface area contributed by atoms with E-state index in [2.05, 4.69) is 20.9 Å². The molecule has 2 heterocycles. The Labute approximate surface area is 129 Å². The molecule has 0 aromatic rings. The van der Waals surface area contributed by atoms with Gasteiger partial charge in [0, 0.05) is 19.3 Å². The summed E-state index contributed by atoms with van der Waals surface area (Å²) in [7, 11) is 1.77. The Hall–Kier alpha value is -2.18. The summed E-state index contributed by atoms with van der Waals surface area (Å²) in [6, 6.07) is -0.571. The lowest BCUT2D eigenvalue weighted by Crippen LogP contribution is -2.50. The monoisotopic (exact) mass is 303 g/mol. The van der Waals surface area contributed by atoms with Crippen LogP contribution < -0.4 is 10.6 Å². The van der Waals surface area contributed by atoms with Crippen LogP contribution in [0, 0.1) is 0 Å². The van der Waals surface area contributed by atoms with Crippen LogP contribution in [0.5, 0.6) is 0 Å². The molecule has 118 valence electrons. The molecule has 3 aliphatic rings. The zero-order valence-electron chi connectivity index (χ0n) is 13.1. The van der Waals surface area contributed by atoms with Crippen molar-refractivity contribution in [2.75, 3.05) is 13.6 Å². The number of carbonyl (C=O) groups is 2. The van der Waals surface area contributed by atoms with Crippen LogP contribution in [-0.2, 0) is 4.79 Å². The molecule has 7 nitrogen and oxygen atoms in total. The lowest BCUT2D eigenvalue weighted by molar-refractivity contribution is -0.126. The number of carbonyl (C=O) groups excluding carboxylic acids is 2. The molecular formula is C15H21N5O2. The predicted octanol–water partition coefficient (Wildman–Crippen LogP) is 1.69. The quantitative estimate of drug-likeness (QED) is 0.831. The van der Waals surface area contributed by atoms with Gasteiger partial charge in [-0.2, -0.15) is 10.2 Å². The van der Waals surface area contributed by atoms with Gasteiger partial charge >= 0.3 is 6.03 Å². The number of hydrogen-bond donors (Lipinski definition) is 2. The smallest absolute Gasteiger partial charge is 0.319 e. The van der Waals surface area contributed by atoms with E-state index >= 15 is 0 Å². The second kappa shape index (κ2) is 5.55. The molecule has 3 amide bonds. The van der Waals surface area contributed by atoms with Gasteiger partial charge in [0.25, 0.3) is 5.91 Å². The molecular weight excluding hydrogens is 282 g/mol. The second-order valence-electron chi connectivity index (χ2n) is 6.10. The number of urea groups is 1. The Kier molecular flexibility index (Phi) is 3.72. The normalized spacial score (nSPS) is 27.0. The van der Waals surface area contributed by atoms with Crippen molar-refractivity contribution in [2.45, 2.75) is 45.2 Å². The number of likely N-dealkylation sites (N-methyl/N-ethyl adjacent to an activating group) is 1. The Bertz CT molecular complexity index is 619. The average molecular weight is 303 g/mol. The van der Waals surface area contributed by atoms with Gasteiger partial charge in [-0.3, -0.25) is 4.79 Å².